The third-order valence-electron chi connectivity index (χ3n) is 2.45. The molecule has 0 aromatic heterocycles. The predicted molar refractivity (Wildman–Crippen MR) is 69.4 cm³/mol. The highest BCUT2D eigenvalue weighted by atomic mass is 16.6. The van der Waals surface area contributed by atoms with E-state index in [4.69, 9.17) is 5.73 Å². The molecule has 0 heterocycles. The van der Waals surface area contributed by atoms with Crippen LogP contribution in [0.25, 0.3) is 0 Å². The van der Waals surface area contributed by atoms with Crippen LogP contribution >= 0.6 is 0 Å². The second-order valence-electron chi connectivity index (χ2n) is 4.18. The average molecular weight is 251 g/mol. The number of nitrogens with zero attached hydrogens (tertiary/aromatic N) is 1. The molecule has 0 aliphatic carbocycles. The molecule has 6 nitrogen and oxygen atoms in total. The molecule has 0 radical (unpaired) electrons. The lowest BCUT2D eigenvalue weighted by atomic mass is 10.1. The largest absolute Gasteiger partial charge is 0.327 e. The number of nitro benzene ring substituents is 1. The number of nitrogens with two attached hydrogens (primary N) is 1. The SMILES string of the molecule is CCc1ccc(NC(=O)CC(C)N)cc1[N+](=O)[O-]. The van der Waals surface area contributed by atoms with E-state index >= 15 is 0 Å². The fraction of sp³-hybridized carbons (Fsp3) is 0.417. The smallest absolute Gasteiger partial charge is 0.274 e. The minimum Gasteiger partial charge on any atom is -0.327 e. The molecule has 0 aliphatic heterocycles. The van der Waals surface area contributed by atoms with E-state index in [-0.39, 0.29) is 24.1 Å². The highest BCUT2D eigenvalue weighted by Gasteiger charge is 2.14. The third-order valence-corrected chi connectivity index (χ3v) is 2.45. The van der Waals surface area contributed by atoms with Gasteiger partial charge in [0.25, 0.3) is 5.69 Å². The van der Waals surface area contributed by atoms with Gasteiger partial charge in [0.05, 0.1) is 4.92 Å². The number of nitrogens with one attached hydrogen (secondary N) is 1. The van der Waals surface area contributed by atoms with Crippen molar-refractivity contribution in [3.63, 3.8) is 0 Å². The lowest BCUT2D eigenvalue weighted by Crippen LogP contribution is -2.24. The minimum atomic E-state index is -0.444. The molecule has 0 aliphatic rings. The van der Waals surface area contributed by atoms with Gasteiger partial charge >= 0.3 is 0 Å². The van der Waals surface area contributed by atoms with Crippen LogP contribution in [0.2, 0.25) is 0 Å². The van der Waals surface area contributed by atoms with Gasteiger partial charge in [-0.1, -0.05) is 13.0 Å². The molecule has 1 atom stereocenters. The first-order valence-corrected chi connectivity index (χ1v) is 5.76. The summed E-state index contributed by atoms with van der Waals surface area (Å²) in [5.74, 6) is -0.247. The Morgan fingerprint density at radius 2 is 2.22 bits per heavy atom. The Labute approximate surface area is 105 Å². The van der Waals surface area contributed by atoms with Crippen molar-refractivity contribution >= 4 is 17.3 Å². The van der Waals surface area contributed by atoms with Gasteiger partial charge in [-0.05, 0) is 19.4 Å². The summed E-state index contributed by atoms with van der Waals surface area (Å²) in [6.45, 7) is 3.57. The molecule has 18 heavy (non-hydrogen) atoms. The van der Waals surface area contributed by atoms with Crippen LogP contribution < -0.4 is 11.1 Å². The van der Waals surface area contributed by atoms with Gasteiger partial charge in [-0.3, -0.25) is 14.9 Å². The van der Waals surface area contributed by atoms with E-state index < -0.39 is 4.92 Å². The summed E-state index contributed by atoms with van der Waals surface area (Å²) in [6.07, 6.45) is 0.758. The highest BCUT2D eigenvalue weighted by molar-refractivity contribution is 5.91. The van der Waals surface area contributed by atoms with E-state index in [1.807, 2.05) is 6.92 Å². The van der Waals surface area contributed by atoms with Crippen LogP contribution in [0.15, 0.2) is 18.2 Å². The van der Waals surface area contributed by atoms with Crippen LogP contribution in [0.4, 0.5) is 11.4 Å². The molecule has 0 bridgehead atoms. The van der Waals surface area contributed by atoms with Crippen LogP contribution in [-0.4, -0.2) is 16.9 Å². The van der Waals surface area contributed by atoms with E-state index in [9.17, 15) is 14.9 Å². The molecule has 0 spiro atoms. The van der Waals surface area contributed by atoms with Crippen molar-refractivity contribution in [1.29, 1.82) is 0 Å². The standard InChI is InChI=1S/C12H17N3O3/c1-3-9-4-5-10(7-11(9)15(17)18)14-12(16)6-8(2)13/h4-5,7-8H,3,6,13H2,1-2H3,(H,14,16). The lowest BCUT2D eigenvalue weighted by molar-refractivity contribution is -0.385. The number of anilines is 1. The minimum absolute atomic E-state index is 0.0242. The zero-order chi connectivity index (χ0) is 13.7. The number of hydrogen-bond donors (Lipinski definition) is 2. The second kappa shape index (κ2) is 6.11. The summed E-state index contributed by atoms with van der Waals surface area (Å²) in [5.41, 5.74) is 6.59. The Hall–Kier alpha value is -1.95. The van der Waals surface area contributed by atoms with Gasteiger partial charge in [-0.25, -0.2) is 0 Å². The Kier molecular flexibility index (Phi) is 4.79. The Morgan fingerprint density at radius 3 is 2.72 bits per heavy atom. The Bertz CT molecular complexity index is 458. The van der Waals surface area contributed by atoms with Gasteiger partial charge in [0.15, 0.2) is 0 Å². The highest BCUT2D eigenvalue weighted by Crippen LogP contribution is 2.23. The Balaban J connectivity index is 2.88. The van der Waals surface area contributed by atoms with E-state index in [1.165, 1.54) is 6.07 Å². The molecule has 0 saturated carbocycles. The number of rotatable bonds is 5. The van der Waals surface area contributed by atoms with Crippen LogP contribution in [0.5, 0.6) is 0 Å². The number of aryl methyl sites for hydroxylation is 1. The number of carbonyl (C=O) groups is 1. The number of nitro groups is 1. The summed E-state index contributed by atoms with van der Waals surface area (Å²) in [4.78, 5) is 21.9. The molecule has 98 valence electrons. The van der Waals surface area contributed by atoms with Crippen LogP contribution in [0.1, 0.15) is 25.8 Å². The Morgan fingerprint density at radius 1 is 1.56 bits per heavy atom. The van der Waals surface area contributed by atoms with Crippen LogP contribution in [-0.2, 0) is 11.2 Å². The predicted octanol–water partition coefficient (Wildman–Crippen LogP) is 1.83. The van der Waals surface area contributed by atoms with Crippen molar-refractivity contribution in [1.82, 2.24) is 0 Å². The van der Waals surface area contributed by atoms with Gasteiger partial charge < -0.3 is 11.1 Å². The molecule has 1 rings (SSSR count). The van der Waals surface area contributed by atoms with Crippen molar-refractivity contribution in [2.24, 2.45) is 5.73 Å². The van der Waals surface area contributed by atoms with Crippen molar-refractivity contribution in [3.05, 3.63) is 33.9 Å². The molecule has 1 aromatic rings. The lowest BCUT2D eigenvalue weighted by Gasteiger charge is -2.08. The summed E-state index contributed by atoms with van der Waals surface area (Å²) in [5, 5.41) is 13.5. The van der Waals surface area contributed by atoms with E-state index in [1.54, 1.807) is 19.1 Å². The van der Waals surface area contributed by atoms with Gasteiger partial charge in [-0.15, -0.1) is 0 Å². The first-order chi connectivity index (χ1) is 8.43. The van der Waals surface area contributed by atoms with E-state index in [0.717, 1.165) is 0 Å². The zero-order valence-electron chi connectivity index (χ0n) is 10.5. The summed E-state index contributed by atoms with van der Waals surface area (Å²) >= 11 is 0. The normalized spacial score (nSPS) is 11.9. The van der Waals surface area contributed by atoms with Gasteiger partial charge in [0.1, 0.15) is 0 Å². The van der Waals surface area contributed by atoms with Crippen molar-refractivity contribution in [2.45, 2.75) is 32.7 Å². The first-order valence-electron chi connectivity index (χ1n) is 5.76. The van der Waals surface area contributed by atoms with Crippen LogP contribution in [0, 0.1) is 10.1 Å². The molecule has 6 heteroatoms. The van der Waals surface area contributed by atoms with E-state index in [2.05, 4.69) is 5.32 Å². The molecule has 1 unspecified atom stereocenters. The molecular formula is C12H17N3O3. The maximum atomic E-state index is 11.5. The monoisotopic (exact) mass is 251 g/mol. The zero-order valence-corrected chi connectivity index (χ0v) is 10.5. The van der Waals surface area contributed by atoms with Crippen molar-refractivity contribution < 1.29 is 9.72 Å². The van der Waals surface area contributed by atoms with Crippen molar-refractivity contribution in [2.75, 3.05) is 5.32 Å². The second-order valence-corrected chi connectivity index (χ2v) is 4.18. The fourth-order valence-electron chi connectivity index (χ4n) is 1.61. The average Bonchev–Trinajstić information content (AvgIpc) is 2.27. The van der Waals surface area contributed by atoms with E-state index in [0.29, 0.717) is 17.7 Å². The van der Waals surface area contributed by atoms with Gasteiger partial charge in [-0.2, -0.15) is 0 Å². The molecule has 0 fully saturated rings. The molecule has 1 amide bonds. The van der Waals surface area contributed by atoms with Gasteiger partial charge in [0.2, 0.25) is 5.91 Å². The number of hydrogen-bond acceptors (Lipinski definition) is 4. The number of benzene rings is 1. The van der Waals surface area contributed by atoms with Crippen molar-refractivity contribution in [3.8, 4) is 0 Å². The topological polar surface area (TPSA) is 98.3 Å². The van der Waals surface area contributed by atoms with Gasteiger partial charge in [0, 0.05) is 29.8 Å². The number of carbonyl (C=O) groups excluding carboxylic acids is 1. The maximum absolute atomic E-state index is 11.5. The molecular weight excluding hydrogens is 234 g/mol. The molecule has 1 aromatic carbocycles. The summed E-state index contributed by atoms with van der Waals surface area (Å²) < 4.78 is 0. The third kappa shape index (κ3) is 3.81. The first kappa shape index (κ1) is 14.1. The maximum Gasteiger partial charge on any atom is 0.274 e. The summed E-state index contributed by atoms with van der Waals surface area (Å²) in [7, 11) is 0. The summed E-state index contributed by atoms with van der Waals surface area (Å²) in [6, 6.07) is 4.44. The molecule has 3 N–H and O–H groups in total. The number of amides is 1. The molecule has 0 saturated heterocycles. The fourth-order valence-corrected chi connectivity index (χ4v) is 1.61. The van der Waals surface area contributed by atoms with Crippen LogP contribution in [0.3, 0.4) is 0 Å². The quantitative estimate of drug-likeness (QED) is 0.616.